The maximum Gasteiger partial charge on any atom is 0.411 e. The Bertz CT molecular complexity index is 560. The molecule has 7 nitrogen and oxygen atoms in total. The van der Waals surface area contributed by atoms with Crippen molar-refractivity contribution in [2.75, 3.05) is 21.3 Å². The third-order valence-electron chi connectivity index (χ3n) is 4.38. The molecule has 0 radical (unpaired) electrons. The SMILES string of the molecule is COC(=O)[C@H]1CC[C@@H](CC(OC)OC)N1C(=O)OCc1ccccc1. The first kappa shape index (κ1) is 19.2. The fraction of sp³-hybridized carbons (Fsp3) is 0.556. The summed E-state index contributed by atoms with van der Waals surface area (Å²) in [6.45, 7) is 0.148. The van der Waals surface area contributed by atoms with Crippen molar-refractivity contribution in [3.8, 4) is 0 Å². The number of rotatable bonds is 7. The molecule has 0 bridgehead atoms. The number of hydrogen-bond donors (Lipinski definition) is 0. The van der Waals surface area contributed by atoms with Gasteiger partial charge in [-0.2, -0.15) is 0 Å². The van der Waals surface area contributed by atoms with Crippen LogP contribution >= 0.6 is 0 Å². The van der Waals surface area contributed by atoms with Crippen LogP contribution in [0.25, 0.3) is 0 Å². The van der Waals surface area contributed by atoms with E-state index in [1.54, 1.807) is 14.2 Å². The quantitative estimate of drug-likeness (QED) is 0.554. The van der Waals surface area contributed by atoms with Crippen molar-refractivity contribution < 1.29 is 28.5 Å². The van der Waals surface area contributed by atoms with Crippen LogP contribution < -0.4 is 0 Å². The molecule has 1 fully saturated rings. The number of benzene rings is 1. The number of esters is 1. The minimum atomic E-state index is -0.646. The van der Waals surface area contributed by atoms with E-state index < -0.39 is 24.4 Å². The Morgan fingerprint density at radius 1 is 1.12 bits per heavy atom. The second kappa shape index (κ2) is 9.39. The molecule has 1 aliphatic heterocycles. The van der Waals surface area contributed by atoms with E-state index in [0.29, 0.717) is 19.3 Å². The molecule has 0 spiro atoms. The number of hydrogen-bond acceptors (Lipinski definition) is 6. The fourth-order valence-electron chi connectivity index (χ4n) is 3.06. The Balaban J connectivity index is 2.07. The second-order valence-electron chi connectivity index (χ2n) is 5.85. The fourth-order valence-corrected chi connectivity index (χ4v) is 3.06. The van der Waals surface area contributed by atoms with Crippen molar-refractivity contribution in [2.24, 2.45) is 0 Å². The molecule has 138 valence electrons. The average Bonchev–Trinajstić information content (AvgIpc) is 3.08. The molecular weight excluding hydrogens is 326 g/mol. The molecule has 0 unspecified atom stereocenters. The van der Waals surface area contributed by atoms with E-state index in [1.807, 2.05) is 30.3 Å². The summed E-state index contributed by atoms with van der Waals surface area (Å²) in [7, 11) is 4.40. The van der Waals surface area contributed by atoms with Crippen LogP contribution in [0, 0.1) is 0 Å². The van der Waals surface area contributed by atoms with Gasteiger partial charge in [-0.3, -0.25) is 4.90 Å². The van der Waals surface area contributed by atoms with Crippen LogP contribution in [0.2, 0.25) is 0 Å². The van der Waals surface area contributed by atoms with E-state index >= 15 is 0 Å². The van der Waals surface area contributed by atoms with E-state index in [9.17, 15) is 9.59 Å². The number of carbonyl (C=O) groups is 2. The summed E-state index contributed by atoms with van der Waals surface area (Å²) in [6.07, 6.45) is 0.654. The Morgan fingerprint density at radius 3 is 2.40 bits per heavy atom. The van der Waals surface area contributed by atoms with Crippen LogP contribution in [0.5, 0.6) is 0 Å². The highest BCUT2D eigenvalue weighted by molar-refractivity contribution is 5.82. The first-order valence-electron chi connectivity index (χ1n) is 8.23. The highest BCUT2D eigenvalue weighted by Crippen LogP contribution is 2.29. The maximum absolute atomic E-state index is 12.6. The monoisotopic (exact) mass is 351 g/mol. The predicted molar refractivity (Wildman–Crippen MR) is 89.7 cm³/mol. The number of amides is 1. The summed E-state index contributed by atoms with van der Waals surface area (Å²) in [5.74, 6) is -0.439. The van der Waals surface area contributed by atoms with Gasteiger partial charge in [-0.25, -0.2) is 9.59 Å². The molecule has 1 aliphatic rings. The summed E-state index contributed by atoms with van der Waals surface area (Å²) in [5.41, 5.74) is 0.882. The molecule has 0 aliphatic carbocycles. The van der Waals surface area contributed by atoms with Gasteiger partial charge in [0, 0.05) is 26.7 Å². The lowest BCUT2D eigenvalue weighted by atomic mass is 10.1. The Kier molecular flexibility index (Phi) is 7.21. The summed E-state index contributed by atoms with van der Waals surface area (Å²) in [5, 5.41) is 0. The van der Waals surface area contributed by atoms with Gasteiger partial charge >= 0.3 is 12.1 Å². The molecular formula is C18H25NO6. The van der Waals surface area contributed by atoms with Gasteiger partial charge < -0.3 is 18.9 Å². The number of nitrogens with zero attached hydrogens (tertiary/aromatic N) is 1. The summed E-state index contributed by atoms with van der Waals surface area (Å²) >= 11 is 0. The molecule has 0 saturated carbocycles. The highest BCUT2D eigenvalue weighted by atomic mass is 16.7. The lowest BCUT2D eigenvalue weighted by Gasteiger charge is -2.29. The zero-order chi connectivity index (χ0) is 18.2. The average molecular weight is 351 g/mol. The molecule has 7 heteroatoms. The normalized spacial score (nSPS) is 19.9. The van der Waals surface area contributed by atoms with E-state index in [2.05, 4.69) is 0 Å². The minimum Gasteiger partial charge on any atom is -0.467 e. The van der Waals surface area contributed by atoms with Crippen LogP contribution in [0.1, 0.15) is 24.8 Å². The van der Waals surface area contributed by atoms with Crippen molar-refractivity contribution in [3.05, 3.63) is 35.9 Å². The third-order valence-corrected chi connectivity index (χ3v) is 4.38. The lowest BCUT2D eigenvalue weighted by molar-refractivity contribution is -0.147. The highest BCUT2D eigenvalue weighted by Gasteiger charge is 2.43. The number of likely N-dealkylation sites (tertiary alicyclic amines) is 1. The van der Waals surface area contributed by atoms with Crippen LogP contribution in [0.4, 0.5) is 4.79 Å². The van der Waals surface area contributed by atoms with Gasteiger partial charge in [-0.15, -0.1) is 0 Å². The van der Waals surface area contributed by atoms with Crippen molar-refractivity contribution >= 4 is 12.1 Å². The molecule has 1 aromatic carbocycles. The molecule has 0 N–H and O–H groups in total. The van der Waals surface area contributed by atoms with Crippen molar-refractivity contribution in [1.82, 2.24) is 4.90 Å². The number of carbonyl (C=O) groups excluding carboxylic acids is 2. The van der Waals surface area contributed by atoms with Gasteiger partial charge in [0.2, 0.25) is 0 Å². The molecule has 0 aromatic heterocycles. The standard InChI is InChI=1S/C18H25NO6/c1-22-16(23-2)11-14-9-10-15(17(20)24-3)19(14)18(21)25-12-13-7-5-4-6-8-13/h4-8,14-16H,9-12H2,1-3H3/t14-,15+/m0/s1. The molecule has 2 rings (SSSR count). The zero-order valence-corrected chi connectivity index (χ0v) is 14.8. The number of methoxy groups -OCH3 is 3. The van der Waals surface area contributed by atoms with Crippen LogP contribution in [-0.4, -0.2) is 56.7 Å². The number of ether oxygens (including phenoxy) is 4. The van der Waals surface area contributed by atoms with E-state index in [1.165, 1.54) is 12.0 Å². The lowest BCUT2D eigenvalue weighted by Crippen LogP contribution is -2.46. The summed E-state index contributed by atoms with van der Waals surface area (Å²) in [6, 6.07) is 8.54. The summed E-state index contributed by atoms with van der Waals surface area (Å²) in [4.78, 5) is 26.1. The molecule has 2 atom stereocenters. The van der Waals surface area contributed by atoms with Crippen molar-refractivity contribution in [1.29, 1.82) is 0 Å². The van der Waals surface area contributed by atoms with Gasteiger partial charge in [0.25, 0.3) is 0 Å². The summed E-state index contributed by atoms with van der Waals surface area (Å²) < 4.78 is 20.7. The minimum absolute atomic E-state index is 0.148. The maximum atomic E-state index is 12.6. The zero-order valence-electron chi connectivity index (χ0n) is 14.8. The van der Waals surface area contributed by atoms with Crippen LogP contribution in [0.15, 0.2) is 30.3 Å². The first-order valence-corrected chi connectivity index (χ1v) is 8.23. The molecule has 25 heavy (non-hydrogen) atoms. The smallest absolute Gasteiger partial charge is 0.411 e. The molecule has 1 aromatic rings. The first-order chi connectivity index (χ1) is 12.1. The second-order valence-corrected chi connectivity index (χ2v) is 5.85. The van der Waals surface area contributed by atoms with Gasteiger partial charge in [-0.05, 0) is 18.4 Å². The van der Waals surface area contributed by atoms with Crippen molar-refractivity contribution in [3.63, 3.8) is 0 Å². The van der Waals surface area contributed by atoms with E-state index in [4.69, 9.17) is 18.9 Å². The largest absolute Gasteiger partial charge is 0.467 e. The van der Waals surface area contributed by atoms with Crippen LogP contribution in [-0.2, 0) is 30.3 Å². The Morgan fingerprint density at radius 2 is 1.80 bits per heavy atom. The van der Waals surface area contributed by atoms with Gasteiger partial charge in [0.05, 0.1) is 7.11 Å². The van der Waals surface area contributed by atoms with Gasteiger partial charge in [-0.1, -0.05) is 30.3 Å². The Labute approximate surface area is 147 Å². The molecule has 1 amide bonds. The van der Waals surface area contributed by atoms with Crippen molar-refractivity contribution in [2.45, 2.75) is 44.2 Å². The van der Waals surface area contributed by atoms with E-state index in [0.717, 1.165) is 5.56 Å². The molecule has 1 saturated heterocycles. The third kappa shape index (κ3) is 4.93. The van der Waals surface area contributed by atoms with Gasteiger partial charge in [0.15, 0.2) is 6.29 Å². The Hall–Kier alpha value is -2.12. The topological polar surface area (TPSA) is 74.3 Å². The van der Waals surface area contributed by atoms with Gasteiger partial charge in [0.1, 0.15) is 12.6 Å². The van der Waals surface area contributed by atoms with Crippen LogP contribution in [0.3, 0.4) is 0 Å². The molecule has 1 heterocycles. The predicted octanol–water partition coefficient (Wildman–Crippen LogP) is 2.34. The van der Waals surface area contributed by atoms with E-state index in [-0.39, 0.29) is 12.6 Å².